The van der Waals surface area contributed by atoms with Gasteiger partial charge < -0.3 is 10.2 Å². The number of halogens is 2. The van der Waals surface area contributed by atoms with Gasteiger partial charge in [-0.25, -0.2) is 0 Å². The number of aromatic hydroxyl groups is 2. The van der Waals surface area contributed by atoms with Gasteiger partial charge >= 0.3 is 0 Å². The quantitative estimate of drug-likeness (QED) is 0.493. The Balaban J connectivity index is 0.00000181. The fourth-order valence-corrected chi connectivity index (χ4v) is 4.55. The van der Waals surface area contributed by atoms with Crippen LogP contribution in [0.2, 0.25) is 0 Å². The van der Waals surface area contributed by atoms with Crippen molar-refractivity contribution in [2.45, 2.75) is 51.6 Å². The van der Waals surface area contributed by atoms with E-state index in [2.05, 4.69) is 21.9 Å². The molecular weight excluding hydrogens is 443 g/mol. The minimum Gasteiger partial charge on any atom is -0.508 e. The normalized spacial score (nSPS) is 17.6. The van der Waals surface area contributed by atoms with Gasteiger partial charge in [0.15, 0.2) is 0 Å². The van der Waals surface area contributed by atoms with E-state index in [1.807, 2.05) is 36.4 Å². The van der Waals surface area contributed by atoms with E-state index in [1.165, 1.54) is 38.5 Å². The molecule has 0 aliphatic carbocycles. The molecule has 2 saturated heterocycles. The second-order valence-electron chi connectivity index (χ2n) is 8.78. The van der Waals surface area contributed by atoms with Gasteiger partial charge in [0, 0.05) is 24.2 Å². The number of nitrogens with zero attached hydrogens (tertiary/aromatic N) is 2. The first-order chi connectivity index (χ1) is 14.7. The summed E-state index contributed by atoms with van der Waals surface area (Å²) in [5, 5.41) is 20.9. The number of rotatable bonds is 6. The summed E-state index contributed by atoms with van der Waals surface area (Å²) >= 11 is 0. The molecule has 2 aromatic rings. The van der Waals surface area contributed by atoms with Gasteiger partial charge in [0.25, 0.3) is 0 Å². The van der Waals surface area contributed by atoms with Crippen molar-refractivity contribution in [1.82, 2.24) is 9.80 Å². The van der Waals surface area contributed by atoms with Gasteiger partial charge in [0.2, 0.25) is 0 Å². The second kappa shape index (κ2) is 13.1. The highest BCUT2D eigenvalue weighted by Gasteiger charge is 2.13. The molecular formula is C26H36Cl2N2O2. The number of benzene rings is 2. The fraction of sp³-hybridized carbons (Fsp3) is 0.462. The van der Waals surface area contributed by atoms with Crippen LogP contribution in [0.4, 0.5) is 0 Å². The maximum absolute atomic E-state index is 10.5. The van der Waals surface area contributed by atoms with Gasteiger partial charge in [-0.2, -0.15) is 0 Å². The lowest BCUT2D eigenvalue weighted by Gasteiger charge is -2.26. The first-order valence-electron chi connectivity index (χ1n) is 11.4. The molecule has 2 heterocycles. The standard InChI is InChI=1S/C26H34N2O2.2ClH/c29-25-17-21(9-11-23(25)19-27-13-3-1-4-14-27)7-8-22-10-12-24(26(30)18-22)20-28-15-5-2-6-16-28;;/h7-12,17-18,29-30H,1-6,13-16,19-20H2;2*1H. The summed E-state index contributed by atoms with van der Waals surface area (Å²) in [6.07, 6.45) is 11.6. The molecule has 2 aliphatic heterocycles. The van der Waals surface area contributed by atoms with E-state index in [9.17, 15) is 10.2 Å². The number of likely N-dealkylation sites (tertiary alicyclic amines) is 2. The van der Waals surface area contributed by atoms with Gasteiger partial charge in [0.05, 0.1) is 0 Å². The van der Waals surface area contributed by atoms with E-state index in [-0.39, 0.29) is 24.8 Å². The number of phenolic OH excluding ortho intramolecular Hbond substituents is 2. The molecule has 0 amide bonds. The molecule has 4 rings (SSSR count). The first kappa shape index (κ1) is 26.5. The maximum Gasteiger partial charge on any atom is 0.120 e. The summed E-state index contributed by atoms with van der Waals surface area (Å²) in [5.74, 6) is 0.727. The topological polar surface area (TPSA) is 46.9 Å². The Morgan fingerprint density at radius 2 is 0.969 bits per heavy atom. The Kier molecular flexibility index (Phi) is 10.9. The summed E-state index contributed by atoms with van der Waals surface area (Å²) in [4.78, 5) is 4.84. The van der Waals surface area contributed by atoms with Crippen molar-refractivity contribution in [3.63, 3.8) is 0 Å². The molecule has 0 bridgehead atoms. The summed E-state index contributed by atoms with van der Waals surface area (Å²) in [5.41, 5.74) is 3.92. The minimum absolute atomic E-state index is 0. The molecule has 2 N–H and O–H groups in total. The van der Waals surface area contributed by atoms with Crippen LogP contribution in [0.1, 0.15) is 60.8 Å². The van der Waals surface area contributed by atoms with E-state index in [0.29, 0.717) is 11.5 Å². The van der Waals surface area contributed by atoms with Crippen molar-refractivity contribution in [3.8, 4) is 11.5 Å². The van der Waals surface area contributed by atoms with Gasteiger partial charge in [-0.05, 0) is 75.1 Å². The third-order valence-electron chi connectivity index (χ3n) is 6.37. The molecule has 32 heavy (non-hydrogen) atoms. The van der Waals surface area contributed by atoms with Crippen LogP contribution in [0.15, 0.2) is 36.4 Å². The van der Waals surface area contributed by atoms with Crippen molar-refractivity contribution in [3.05, 3.63) is 58.7 Å². The maximum atomic E-state index is 10.5. The zero-order valence-electron chi connectivity index (χ0n) is 18.7. The molecule has 0 spiro atoms. The van der Waals surface area contributed by atoms with Gasteiger partial charge in [0.1, 0.15) is 11.5 Å². The molecule has 0 atom stereocenters. The summed E-state index contributed by atoms with van der Waals surface area (Å²) in [6, 6.07) is 11.8. The van der Waals surface area contributed by atoms with E-state index < -0.39 is 0 Å². The highest BCUT2D eigenvalue weighted by atomic mass is 35.5. The summed E-state index contributed by atoms with van der Waals surface area (Å²) in [7, 11) is 0. The van der Waals surface area contributed by atoms with Crippen molar-refractivity contribution in [2.75, 3.05) is 26.2 Å². The lowest BCUT2D eigenvalue weighted by molar-refractivity contribution is 0.218. The highest BCUT2D eigenvalue weighted by Crippen LogP contribution is 2.25. The van der Waals surface area contributed by atoms with Crippen LogP contribution in [0.3, 0.4) is 0 Å². The van der Waals surface area contributed by atoms with Crippen LogP contribution in [0.5, 0.6) is 11.5 Å². The molecule has 0 aromatic heterocycles. The molecule has 2 fully saturated rings. The molecule has 2 aliphatic rings. The van der Waals surface area contributed by atoms with Crippen molar-refractivity contribution >= 4 is 37.0 Å². The molecule has 4 nitrogen and oxygen atoms in total. The van der Waals surface area contributed by atoms with Gasteiger partial charge in [-0.15, -0.1) is 24.8 Å². The molecule has 0 saturated carbocycles. The van der Waals surface area contributed by atoms with Crippen LogP contribution in [0, 0.1) is 0 Å². The van der Waals surface area contributed by atoms with E-state index >= 15 is 0 Å². The Morgan fingerprint density at radius 1 is 0.594 bits per heavy atom. The Hall–Kier alpha value is -1.72. The van der Waals surface area contributed by atoms with E-state index in [1.54, 1.807) is 0 Å². The van der Waals surface area contributed by atoms with Crippen LogP contribution in [-0.4, -0.2) is 46.2 Å². The Bertz CT molecular complexity index is 805. The van der Waals surface area contributed by atoms with Crippen molar-refractivity contribution in [2.24, 2.45) is 0 Å². The molecule has 2 aromatic carbocycles. The van der Waals surface area contributed by atoms with Gasteiger partial charge in [-0.3, -0.25) is 9.80 Å². The third-order valence-corrected chi connectivity index (χ3v) is 6.37. The molecule has 6 heteroatoms. The zero-order valence-corrected chi connectivity index (χ0v) is 20.3. The smallest absolute Gasteiger partial charge is 0.120 e. The van der Waals surface area contributed by atoms with E-state index in [4.69, 9.17) is 0 Å². The van der Waals surface area contributed by atoms with Crippen molar-refractivity contribution < 1.29 is 10.2 Å². The van der Waals surface area contributed by atoms with Crippen LogP contribution < -0.4 is 0 Å². The predicted molar refractivity (Wildman–Crippen MR) is 138 cm³/mol. The molecule has 176 valence electrons. The zero-order chi connectivity index (χ0) is 20.8. The third kappa shape index (κ3) is 7.41. The largest absolute Gasteiger partial charge is 0.508 e. The van der Waals surface area contributed by atoms with Crippen LogP contribution >= 0.6 is 24.8 Å². The predicted octanol–water partition coefficient (Wildman–Crippen LogP) is 6.08. The number of piperidine rings is 2. The first-order valence-corrected chi connectivity index (χ1v) is 11.4. The average molecular weight is 479 g/mol. The lowest BCUT2D eigenvalue weighted by atomic mass is 10.0. The Labute approximate surface area is 204 Å². The van der Waals surface area contributed by atoms with Crippen molar-refractivity contribution in [1.29, 1.82) is 0 Å². The highest BCUT2D eigenvalue weighted by molar-refractivity contribution is 5.85. The molecule has 0 unspecified atom stereocenters. The Morgan fingerprint density at radius 3 is 1.31 bits per heavy atom. The average Bonchev–Trinajstić information content (AvgIpc) is 2.77. The second-order valence-corrected chi connectivity index (χ2v) is 8.78. The lowest BCUT2D eigenvalue weighted by Crippen LogP contribution is -2.29. The number of hydrogen-bond acceptors (Lipinski definition) is 4. The summed E-state index contributed by atoms with van der Waals surface area (Å²) in [6.45, 7) is 6.14. The van der Waals surface area contributed by atoms with E-state index in [0.717, 1.165) is 61.5 Å². The monoisotopic (exact) mass is 478 g/mol. The van der Waals surface area contributed by atoms with Crippen LogP contribution in [0.25, 0.3) is 12.2 Å². The van der Waals surface area contributed by atoms with Gasteiger partial charge in [-0.1, -0.05) is 49.3 Å². The molecule has 0 radical (unpaired) electrons. The minimum atomic E-state index is 0. The number of hydrogen-bond donors (Lipinski definition) is 2. The summed E-state index contributed by atoms with van der Waals surface area (Å²) < 4.78 is 0. The number of phenols is 2. The fourth-order valence-electron chi connectivity index (χ4n) is 4.55. The SMILES string of the molecule is Cl.Cl.Oc1cc(C=Cc2ccc(CN3CCCCC3)c(O)c2)ccc1CN1CCCCC1. The van der Waals surface area contributed by atoms with Crippen LogP contribution in [-0.2, 0) is 13.1 Å².